The molecule has 4 nitrogen and oxygen atoms in total. The van der Waals surface area contributed by atoms with E-state index in [-0.39, 0.29) is 0 Å². The Bertz CT molecular complexity index is 313. The van der Waals surface area contributed by atoms with Gasteiger partial charge in [0.1, 0.15) is 11.7 Å². The smallest absolute Gasteiger partial charge is 0.126 e. The van der Waals surface area contributed by atoms with Gasteiger partial charge in [-0.3, -0.25) is 4.99 Å². The van der Waals surface area contributed by atoms with Crippen LogP contribution in [0.3, 0.4) is 0 Å². The number of aliphatic imine (C=N–C) groups is 2. The van der Waals surface area contributed by atoms with E-state index in [9.17, 15) is 0 Å². The van der Waals surface area contributed by atoms with Crippen LogP contribution in [0.1, 0.15) is 11.4 Å². The molecular weight excluding hydrogens is 164 g/mol. The van der Waals surface area contributed by atoms with E-state index >= 15 is 0 Å². The van der Waals surface area contributed by atoms with Crippen molar-refractivity contribution in [2.75, 3.05) is 7.05 Å². The van der Waals surface area contributed by atoms with Crippen molar-refractivity contribution in [2.45, 2.75) is 13.3 Å². The third-order valence-electron chi connectivity index (χ3n) is 1.64. The number of amidine groups is 1. The van der Waals surface area contributed by atoms with Gasteiger partial charge in [0.2, 0.25) is 0 Å². The van der Waals surface area contributed by atoms with Crippen LogP contribution in [0, 0.1) is 6.92 Å². The SMILES string of the molecule is C=NC(Cc1cnc(C)nc1)=NC. The van der Waals surface area contributed by atoms with E-state index in [4.69, 9.17) is 0 Å². The van der Waals surface area contributed by atoms with E-state index < -0.39 is 0 Å². The first-order valence-corrected chi connectivity index (χ1v) is 3.96. The molecule has 0 bridgehead atoms. The number of aryl methyl sites for hydroxylation is 1. The minimum atomic E-state index is 0.639. The lowest BCUT2D eigenvalue weighted by Crippen LogP contribution is -2.00. The molecule has 0 saturated carbocycles. The molecule has 0 N–H and O–H groups in total. The number of hydrogen-bond acceptors (Lipinski definition) is 3. The van der Waals surface area contributed by atoms with Gasteiger partial charge in [-0.15, -0.1) is 0 Å². The van der Waals surface area contributed by atoms with Crippen molar-refractivity contribution in [1.29, 1.82) is 0 Å². The second kappa shape index (κ2) is 4.45. The number of nitrogens with zero attached hydrogens (tertiary/aromatic N) is 4. The highest BCUT2D eigenvalue weighted by Gasteiger charge is 1.98. The molecule has 0 aliphatic rings. The van der Waals surface area contributed by atoms with Gasteiger partial charge < -0.3 is 0 Å². The topological polar surface area (TPSA) is 50.5 Å². The summed E-state index contributed by atoms with van der Waals surface area (Å²) >= 11 is 0. The van der Waals surface area contributed by atoms with Crippen molar-refractivity contribution in [1.82, 2.24) is 9.97 Å². The van der Waals surface area contributed by atoms with Crippen LogP contribution in [0.5, 0.6) is 0 Å². The minimum Gasteiger partial charge on any atom is -0.274 e. The maximum absolute atomic E-state index is 4.07. The molecule has 0 amide bonds. The predicted molar refractivity (Wildman–Crippen MR) is 53.4 cm³/mol. The highest BCUT2D eigenvalue weighted by molar-refractivity contribution is 5.87. The quantitative estimate of drug-likeness (QED) is 0.499. The van der Waals surface area contributed by atoms with Crippen LogP contribution in [-0.2, 0) is 6.42 Å². The number of rotatable bonds is 2. The van der Waals surface area contributed by atoms with E-state index in [2.05, 4.69) is 26.7 Å². The van der Waals surface area contributed by atoms with Crippen molar-refractivity contribution >= 4 is 12.6 Å². The van der Waals surface area contributed by atoms with Gasteiger partial charge in [-0.1, -0.05) is 0 Å². The predicted octanol–water partition coefficient (Wildman–Crippen LogP) is 1.06. The maximum Gasteiger partial charge on any atom is 0.126 e. The molecule has 0 aliphatic carbocycles. The Labute approximate surface area is 77.5 Å². The highest BCUT2D eigenvalue weighted by Crippen LogP contribution is 1.98. The van der Waals surface area contributed by atoms with Gasteiger partial charge in [-0.25, -0.2) is 15.0 Å². The highest BCUT2D eigenvalue weighted by atomic mass is 14.9. The molecule has 0 aliphatic heterocycles. The largest absolute Gasteiger partial charge is 0.274 e. The first-order valence-electron chi connectivity index (χ1n) is 3.96. The first-order chi connectivity index (χ1) is 6.26. The summed E-state index contributed by atoms with van der Waals surface area (Å²) < 4.78 is 0. The Morgan fingerprint density at radius 2 is 2.08 bits per heavy atom. The summed E-state index contributed by atoms with van der Waals surface area (Å²) in [6, 6.07) is 0. The van der Waals surface area contributed by atoms with Crippen LogP contribution in [0.4, 0.5) is 0 Å². The standard InChI is InChI=1S/C9H12N4/c1-7-12-5-8(6-13-7)4-9(10-2)11-3/h5-6H,2,4H2,1,3H3. The Hall–Kier alpha value is -1.58. The number of hydrogen-bond donors (Lipinski definition) is 0. The Morgan fingerprint density at radius 1 is 1.46 bits per heavy atom. The summed E-state index contributed by atoms with van der Waals surface area (Å²) in [4.78, 5) is 15.9. The summed E-state index contributed by atoms with van der Waals surface area (Å²) in [6.45, 7) is 5.28. The summed E-state index contributed by atoms with van der Waals surface area (Å²) in [7, 11) is 1.69. The van der Waals surface area contributed by atoms with Crippen LogP contribution < -0.4 is 0 Å². The normalized spacial score (nSPS) is 11.4. The molecule has 0 unspecified atom stereocenters. The van der Waals surface area contributed by atoms with Gasteiger partial charge in [-0.2, -0.15) is 0 Å². The van der Waals surface area contributed by atoms with E-state index in [1.165, 1.54) is 0 Å². The molecule has 68 valence electrons. The fraction of sp³-hybridized carbons (Fsp3) is 0.333. The lowest BCUT2D eigenvalue weighted by molar-refractivity contribution is 1.02. The number of aromatic nitrogens is 2. The van der Waals surface area contributed by atoms with Gasteiger partial charge in [0, 0.05) is 25.9 Å². The molecular formula is C9H12N4. The molecule has 4 heteroatoms. The molecule has 0 saturated heterocycles. The van der Waals surface area contributed by atoms with Crippen molar-refractivity contribution in [3.05, 3.63) is 23.8 Å². The molecule has 1 aromatic heterocycles. The van der Waals surface area contributed by atoms with Gasteiger partial charge in [0.05, 0.1) is 0 Å². The minimum absolute atomic E-state index is 0.639. The lowest BCUT2D eigenvalue weighted by atomic mass is 10.2. The zero-order valence-electron chi connectivity index (χ0n) is 7.86. The van der Waals surface area contributed by atoms with Crippen LogP contribution in [0.15, 0.2) is 22.4 Å². The fourth-order valence-electron chi connectivity index (χ4n) is 0.899. The van der Waals surface area contributed by atoms with E-state index in [0.717, 1.165) is 11.4 Å². The van der Waals surface area contributed by atoms with E-state index in [1.54, 1.807) is 19.4 Å². The second-order valence-corrected chi connectivity index (χ2v) is 2.61. The fourth-order valence-corrected chi connectivity index (χ4v) is 0.899. The molecule has 0 radical (unpaired) electrons. The van der Waals surface area contributed by atoms with E-state index in [1.807, 2.05) is 6.92 Å². The van der Waals surface area contributed by atoms with Crippen molar-refractivity contribution in [2.24, 2.45) is 9.98 Å². The molecule has 0 fully saturated rings. The molecule has 1 aromatic rings. The summed E-state index contributed by atoms with van der Waals surface area (Å²) in [5, 5.41) is 0. The van der Waals surface area contributed by atoms with Crippen LogP contribution in [0.2, 0.25) is 0 Å². The lowest BCUT2D eigenvalue weighted by Gasteiger charge is -1.99. The van der Waals surface area contributed by atoms with Crippen LogP contribution >= 0.6 is 0 Å². The van der Waals surface area contributed by atoms with Crippen LogP contribution in [0.25, 0.3) is 0 Å². The average Bonchev–Trinajstić information content (AvgIpc) is 2.17. The van der Waals surface area contributed by atoms with Crippen molar-refractivity contribution in [3.8, 4) is 0 Å². The first kappa shape index (κ1) is 9.51. The monoisotopic (exact) mass is 176 g/mol. The molecule has 0 spiro atoms. The van der Waals surface area contributed by atoms with Gasteiger partial charge >= 0.3 is 0 Å². The third-order valence-corrected chi connectivity index (χ3v) is 1.64. The molecule has 1 heterocycles. The second-order valence-electron chi connectivity index (χ2n) is 2.61. The van der Waals surface area contributed by atoms with Gasteiger partial charge in [0.25, 0.3) is 0 Å². The van der Waals surface area contributed by atoms with Crippen LogP contribution in [-0.4, -0.2) is 29.6 Å². The van der Waals surface area contributed by atoms with E-state index in [0.29, 0.717) is 12.3 Å². The Kier molecular flexibility index (Phi) is 3.25. The molecule has 0 atom stereocenters. The molecule has 1 rings (SSSR count). The van der Waals surface area contributed by atoms with Gasteiger partial charge in [-0.05, 0) is 19.2 Å². The summed E-state index contributed by atoms with van der Waals surface area (Å²) in [5.41, 5.74) is 0.999. The summed E-state index contributed by atoms with van der Waals surface area (Å²) in [6.07, 6.45) is 4.19. The third kappa shape index (κ3) is 2.74. The Morgan fingerprint density at radius 3 is 2.54 bits per heavy atom. The zero-order chi connectivity index (χ0) is 9.68. The maximum atomic E-state index is 4.07. The van der Waals surface area contributed by atoms with Gasteiger partial charge in [0.15, 0.2) is 0 Å². The molecule has 13 heavy (non-hydrogen) atoms. The molecule has 0 aromatic carbocycles. The average molecular weight is 176 g/mol. The van der Waals surface area contributed by atoms with Crippen molar-refractivity contribution in [3.63, 3.8) is 0 Å². The Balaban J connectivity index is 2.74. The van der Waals surface area contributed by atoms with Crippen molar-refractivity contribution < 1.29 is 0 Å². The zero-order valence-corrected chi connectivity index (χ0v) is 7.86. The summed E-state index contributed by atoms with van der Waals surface area (Å²) in [5.74, 6) is 1.47.